The predicted molar refractivity (Wildman–Crippen MR) is 89.1 cm³/mol. The van der Waals surface area contributed by atoms with Crippen molar-refractivity contribution in [1.82, 2.24) is 14.5 Å². The minimum absolute atomic E-state index is 0.167. The van der Waals surface area contributed by atoms with Crippen LogP contribution in [0.15, 0.2) is 24.4 Å². The van der Waals surface area contributed by atoms with E-state index in [-0.39, 0.29) is 11.0 Å². The van der Waals surface area contributed by atoms with E-state index in [1.807, 2.05) is 0 Å². The van der Waals surface area contributed by atoms with E-state index in [0.29, 0.717) is 28.8 Å². The zero-order valence-corrected chi connectivity index (χ0v) is 13.8. The van der Waals surface area contributed by atoms with Crippen LogP contribution < -0.4 is 0 Å². The summed E-state index contributed by atoms with van der Waals surface area (Å²) in [4.78, 5) is 8.16. The van der Waals surface area contributed by atoms with Crippen LogP contribution >= 0.6 is 11.6 Å². The first-order valence-electron chi connectivity index (χ1n) is 7.72. The Kier molecular flexibility index (Phi) is 4.66. The Morgan fingerprint density at radius 2 is 2.00 bits per heavy atom. The molecule has 0 saturated heterocycles. The lowest BCUT2D eigenvalue weighted by molar-refractivity contribution is 0.397. The van der Waals surface area contributed by atoms with E-state index in [1.165, 1.54) is 12.3 Å². The first-order chi connectivity index (χ1) is 11.5. The highest BCUT2D eigenvalue weighted by atomic mass is 35.5. The zero-order chi connectivity index (χ0) is 17.3. The molecule has 0 atom stereocenters. The Morgan fingerprint density at radius 3 is 2.71 bits per heavy atom. The van der Waals surface area contributed by atoms with Gasteiger partial charge < -0.3 is 5.11 Å². The molecule has 126 valence electrons. The number of nitrogens with zero attached hydrogens (tertiary/aromatic N) is 3. The van der Waals surface area contributed by atoms with Crippen LogP contribution in [0.2, 0.25) is 5.02 Å². The molecule has 2 aromatic heterocycles. The number of fused-ring (bicyclic) bond motifs is 1. The Labute approximate surface area is 142 Å². The normalized spacial score (nSPS) is 11.3. The van der Waals surface area contributed by atoms with Gasteiger partial charge in [0.25, 0.3) is 6.01 Å². The first-order valence-corrected chi connectivity index (χ1v) is 8.09. The minimum atomic E-state index is -0.963. The molecule has 0 aliphatic carbocycles. The molecule has 1 aromatic carbocycles. The van der Waals surface area contributed by atoms with Crippen molar-refractivity contribution in [3.63, 3.8) is 0 Å². The number of benzene rings is 1. The van der Waals surface area contributed by atoms with Crippen molar-refractivity contribution in [2.75, 3.05) is 0 Å². The molecule has 24 heavy (non-hydrogen) atoms. The van der Waals surface area contributed by atoms with Crippen LogP contribution in [0.25, 0.3) is 22.3 Å². The maximum atomic E-state index is 13.6. The van der Waals surface area contributed by atoms with Crippen LogP contribution in [0.3, 0.4) is 0 Å². The summed E-state index contributed by atoms with van der Waals surface area (Å²) >= 11 is 6.27. The summed E-state index contributed by atoms with van der Waals surface area (Å²) in [6.45, 7) is 2.62. The Morgan fingerprint density at radius 1 is 1.21 bits per heavy atom. The van der Waals surface area contributed by atoms with Gasteiger partial charge >= 0.3 is 0 Å². The Bertz CT molecular complexity index is 895. The van der Waals surface area contributed by atoms with Gasteiger partial charge in [0.15, 0.2) is 17.3 Å². The lowest BCUT2D eigenvalue weighted by atomic mass is 10.1. The van der Waals surface area contributed by atoms with Gasteiger partial charge in [-0.2, -0.15) is 4.98 Å². The van der Waals surface area contributed by atoms with E-state index in [9.17, 15) is 13.9 Å². The molecule has 0 fully saturated rings. The largest absolute Gasteiger partial charge is 0.480 e. The number of aryl methyl sites for hydroxylation is 1. The molecule has 0 amide bonds. The van der Waals surface area contributed by atoms with Gasteiger partial charge in [0, 0.05) is 18.3 Å². The van der Waals surface area contributed by atoms with Crippen molar-refractivity contribution < 1.29 is 13.9 Å². The third kappa shape index (κ3) is 2.94. The van der Waals surface area contributed by atoms with E-state index in [2.05, 4.69) is 16.9 Å². The summed E-state index contributed by atoms with van der Waals surface area (Å²) in [7, 11) is 0. The fourth-order valence-corrected chi connectivity index (χ4v) is 2.97. The molecule has 0 spiro atoms. The molecule has 2 heterocycles. The number of imidazole rings is 1. The van der Waals surface area contributed by atoms with Gasteiger partial charge in [0.2, 0.25) is 0 Å². The number of hydrogen-bond acceptors (Lipinski definition) is 3. The van der Waals surface area contributed by atoms with Crippen molar-refractivity contribution in [3.8, 4) is 17.1 Å². The molecular weight excluding hydrogens is 336 g/mol. The second-order valence-corrected chi connectivity index (χ2v) is 5.96. The molecule has 0 radical (unpaired) electrons. The molecule has 1 N–H and O–H groups in total. The molecule has 4 nitrogen and oxygen atoms in total. The Balaban J connectivity index is 2.21. The number of unbranched alkanes of at least 4 members (excludes halogenated alkanes) is 2. The second-order valence-electron chi connectivity index (χ2n) is 5.55. The summed E-state index contributed by atoms with van der Waals surface area (Å²) in [5, 5.41) is 10.4. The third-order valence-electron chi connectivity index (χ3n) is 3.90. The highest BCUT2D eigenvalue weighted by molar-refractivity contribution is 6.34. The number of aromatic nitrogens is 3. The molecule has 3 aromatic rings. The van der Waals surface area contributed by atoms with E-state index in [0.717, 1.165) is 31.4 Å². The highest BCUT2D eigenvalue weighted by Crippen LogP contribution is 2.36. The number of aromatic hydroxyl groups is 1. The van der Waals surface area contributed by atoms with Gasteiger partial charge in [0.1, 0.15) is 0 Å². The zero-order valence-electron chi connectivity index (χ0n) is 13.1. The van der Waals surface area contributed by atoms with Crippen molar-refractivity contribution in [2.24, 2.45) is 0 Å². The number of pyridine rings is 1. The smallest absolute Gasteiger partial charge is 0.296 e. The number of rotatable bonds is 5. The maximum absolute atomic E-state index is 13.6. The van der Waals surface area contributed by atoms with Crippen LogP contribution in [-0.2, 0) is 6.54 Å². The van der Waals surface area contributed by atoms with E-state index in [4.69, 9.17) is 11.6 Å². The van der Waals surface area contributed by atoms with Crippen LogP contribution in [0.4, 0.5) is 8.78 Å². The summed E-state index contributed by atoms with van der Waals surface area (Å²) in [5.74, 6) is -1.89. The molecule has 0 unspecified atom stereocenters. The average Bonchev–Trinajstić information content (AvgIpc) is 2.87. The standard InChI is InChI=1S/C17H16ClF2N3O/c1-2-3-4-7-23-15-14(10-5-6-12(19)13(20)8-10)11(18)9-21-16(15)22-17(23)24/h5-6,8-9H,2-4,7H2,1H3,(H,21,22,24). The fourth-order valence-electron chi connectivity index (χ4n) is 2.72. The van der Waals surface area contributed by atoms with Gasteiger partial charge in [-0.1, -0.05) is 37.4 Å². The molecule has 0 aliphatic heterocycles. The van der Waals surface area contributed by atoms with Gasteiger partial charge in [-0.25, -0.2) is 13.8 Å². The lowest BCUT2D eigenvalue weighted by Crippen LogP contribution is -2.00. The summed E-state index contributed by atoms with van der Waals surface area (Å²) in [5.41, 5.74) is 1.71. The molecule has 0 saturated carbocycles. The minimum Gasteiger partial charge on any atom is -0.480 e. The summed E-state index contributed by atoms with van der Waals surface area (Å²) in [6.07, 6.45) is 4.26. The first kappa shape index (κ1) is 16.6. The molecule has 7 heteroatoms. The van der Waals surface area contributed by atoms with E-state index < -0.39 is 11.6 Å². The topological polar surface area (TPSA) is 50.9 Å². The molecule has 0 bridgehead atoms. The van der Waals surface area contributed by atoms with E-state index in [1.54, 1.807) is 4.57 Å². The summed E-state index contributed by atoms with van der Waals surface area (Å²) in [6, 6.07) is 3.40. The third-order valence-corrected chi connectivity index (χ3v) is 4.18. The SMILES string of the molecule is CCCCCn1c(O)nc2ncc(Cl)c(-c3ccc(F)c(F)c3)c21. The maximum Gasteiger partial charge on any atom is 0.296 e. The fraction of sp³-hybridized carbons (Fsp3) is 0.294. The lowest BCUT2D eigenvalue weighted by Gasteiger charge is -2.11. The quantitative estimate of drug-likeness (QED) is 0.663. The highest BCUT2D eigenvalue weighted by Gasteiger charge is 2.19. The van der Waals surface area contributed by atoms with Gasteiger partial charge in [-0.05, 0) is 24.1 Å². The van der Waals surface area contributed by atoms with Crippen LogP contribution in [0.1, 0.15) is 26.2 Å². The van der Waals surface area contributed by atoms with Gasteiger partial charge in [-0.3, -0.25) is 4.57 Å². The summed E-state index contributed by atoms with van der Waals surface area (Å²) < 4.78 is 28.5. The Hall–Kier alpha value is -2.21. The number of halogens is 3. The average molecular weight is 352 g/mol. The van der Waals surface area contributed by atoms with Crippen molar-refractivity contribution in [3.05, 3.63) is 41.1 Å². The molecular formula is C17H16ClF2N3O. The van der Waals surface area contributed by atoms with Crippen molar-refractivity contribution in [2.45, 2.75) is 32.7 Å². The van der Waals surface area contributed by atoms with E-state index >= 15 is 0 Å². The molecule has 3 rings (SSSR count). The van der Waals surface area contributed by atoms with Gasteiger partial charge in [0.05, 0.1) is 10.5 Å². The molecule has 0 aliphatic rings. The number of hydrogen-bond donors (Lipinski definition) is 1. The van der Waals surface area contributed by atoms with Crippen LogP contribution in [-0.4, -0.2) is 19.6 Å². The predicted octanol–water partition coefficient (Wildman–Crippen LogP) is 4.93. The second kappa shape index (κ2) is 6.73. The van der Waals surface area contributed by atoms with Crippen LogP contribution in [0.5, 0.6) is 6.01 Å². The monoisotopic (exact) mass is 351 g/mol. The van der Waals surface area contributed by atoms with Crippen molar-refractivity contribution >= 4 is 22.8 Å². The van der Waals surface area contributed by atoms with Crippen LogP contribution in [0, 0.1) is 11.6 Å². The van der Waals surface area contributed by atoms with Gasteiger partial charge in [-0.15, -0.1) is 0 Å². The van der Waals surface area contributed by atoms with Crippen molar-refractivity contribution in [1.29, 1.82) is 0 Å².